The first-order valence-electron chi connectivity index (χ1n) is 7.84. The molecule has 0 atom stereocenters. The van der Waals surface area contributed by atoms with E-state index in [9.17, 15) is 19.7 Å². The summed E-state index contributed by atoms with van der Waals surface area (Å²) >= 11 is 1.26. The van der Waals surface area contributed by atoms with E-state index in [0.29, 0.717) is 11.4 Å². The van der Waals surface area contributed by atoms with Crippen molar-refractivity contribution < 1.29 is 24.0 Å². The highest BCUT2D eigenvalue weighted by Crippen LogP contribution is 2.31. The summed E-state index contributed by atoms with van der Waals surface area (Å²) in [4.78, 5) is 36.0. The molecule has 0 unspecified atom stereocenters. The van der Waals surface area contributed by atoms with Gasteiger partial charge in [0.2, 0.25) is 0 Å². The van der Waals surface area contributed by atoms with Crippen molar-refractivity contribution in [2.24, 2.45) is 0 Å². The topological polar surface area (TPSA) is 108 Å². The van der Waals surface area contributed by atoms with Gasteiger partial charge in [-0.2, -0.15) is 0 Å². The summed E-state index contributed by atoms with van der Waals surface area (Å²) in [6, 6.07) is 5.58. The van der Waals surface area contributed by atoms with Crippen LogP contribution in [0.4, 0.5) is 10.7 Å². The summed E-state index contributed by atoms with van der Waals surface area (Å²) in [7, 11) is 1.31. The maximum Gasteiger partial charge on any atom is 0.341 e. The minimum absolute atomic E-state index is 0.0585. The van der Waals surface area contributed by atoms with Gasteiger partial charge in [-0.15, -0.1) is 11.3 Å². The molecule has 1 heterocycles. The molecule has 0 saturated carbocycles. The van der Waals surface area contributed by atoms with E-state index in [-0.39, 0.29) is 29.2 Å². The molecule has 8 nitrogen and oxygen atoms in total. The number of nitrogens with zero attached hydrogens (tertiary/aromatic N) is 1. The second-order valence-corrected chi connectivity index (χ2v) is 6.26. The Hall–Kier alpha value is -2.94. The molecule has 9 heteroatoms. The Morgan fingerprint density at radius 3 is 2.58 bits per heavy atom. The molecule has 1 aromatic heterocycles. The number of rotatable bonds is 7. The van der Waals surface area contributed by atoms with Crippen LogP contribution in [0.1, 0.15) is 39.4 Å². The second-order valence-electron chi connectivity index (χ2n) is 5.13. The molecule has 0 saturated heterocycles. The first-order valence-corrected chi connectivity index (χ1v) is 8.66. The smallest absolute Gasteiger partial charge is 0.341 e. The normalized spacial score (nSPS) is 10.3. The van der Waals surface area contributed by atoms with Crippen molar-refractivity contribution in [3.63, 3.8) is 0 Å². The summed E-state index contributed by atoms with van der Waals surface area (Å²) in [5, 5.41) is 14.1. The lowest BCUT2D eigenvalue weighted by atomic mass is 10.1. The number of aryl methyl sites for hydroxylation is 1. The molecule has 1 aromatic carbocycles. The van der Waals surface area contributed by atoms with Crippen LogP contribution in [0.2, 0.25) is 0 Å². The maximum atomic E-state index is 12.5. The SMILES string of the molecule is CCOC(=O)c1cc(CC)sc1NC(=O)c1ccc(OC)c([N+](=O)[O-])c1. The lowest BCUT2D eigenvalue weighted by Gasteiger charge is -2.07. The molecule has 2 rings (SSSR count). The number of methoxy groups -OCH3 is 1. The molecule has 0 radical (unpaired) electrons. The number of hydrogen-bond acceptors (Lipinski definition) is 7. The number of hydrogen-bond donors (Lipinski definition) is 1. The fraction of sp³-hybridized carbons (Fsp3) is 0.294. The maximum absolute atomic E-state index is 12.5. The number of amides is 1. The van der Waals surface area contributed by atoms with Gasteiger partial charge < -0.3 is 14.8 Å². The van der Waals surface area contributed by atoms with Crippen molar-refractivity contribution in [1.82, 2.24) is 0 Å². The number of thiophene rings is 1. The van der Waals surface area contributed by atoms with Crippen molar-refractivity contribution in [3.05, 3.63) is 50.4 Å². The largest absolute Gasteiger partial charge is 0.490 e. The number of nitro groups is 1. The van der Waals surface area contributed by atoms with Crippen molar-refractivity contribution in [2.75, 3.05) is 19.0 Å². The lowest BCUT2D eigenvalue weighted by molar-refractivity contribution is -0.385. The molecular formula is C17H18N2O6S. The standard InChI is InChI=1S/C17H18N2O6S/c1-4-11-9-12(17(21)25-5-2)16(26-11)18-15(20)10-6-7-14(24-3)13(8-10)19(22)23/h6-9H,4-5H2,1-3H3,(H,18,20). The first-order chi connectivity index (χ1) is 12.4. The zero-order valence-electron chi connectivity index (χ0n) is 14.5. The zero-order valence-corrected chi connectivity index (χ0v) is 15.3. The van der Waals surface area contributed by atoms with Crippen LogP contribution in [-0.4, -0.2) is 30.5 Å². The van der Waals surface area contributed by atoms with Gasteiger partial charge >= 0.3 is 11.7 Å². The van der Waals surface area contributed by atoms with Gasteiger partial charge in [0.1, 0.15) is 5.00 Å². The summed E-state index contributed by atoms with van der Waals surface area (Å²) in [6.07, 6.45) is 0.695. The van der Waals surface area contributed by atoms with E-state index >= 15 is 0 Å². The van der Waals surface area contributed by atoms with E-state index in [1.807, 2.05) is 6.92 Å². The average Bonchev–Trinajstić information content (AvgIpc) is 3.04. The summed E-state index contributed by atoms with van der Waals surface area (Å²) in [6.45, 7) is 3.84. The zero-order chi connectivity index (χ0) is 19.3. The molecule has 2 aromatic rings. The van der Waals surface area contributed by atoms with Gasteiger partial charge in [-0.1, -0.05) is 6.92 Å². The van der Waals surface area contributed by atoms with Gasteiger partial charge in [0.25, 0.3) is 5.91 Å². The van der Waals surface area contributed by atoms with Gasteiger partial charge in [0, 0.05) is 16.5 Å². The number of benzene rings is 1. The van der Waals surface area contributed by atoms with E-state index in [1.54, 1.807) is 13.0 Å². The van der Waals surface area contributed by atoms with E-state index < -0.39 is 16.8 Å². The minimum atomic E-state index is -0.625. The Morgan fingerprint density at radius 1 is 1.27 bits per heavy atom. The van der Waals surface area contributed by atoms with E-state index in [0.717, 1.165) is 10.9 Å². The Labute approximate surface area is 153 Å². The average molecular weight is 378 g/mol. The third-order valence-corrected chi connectivity index (χ3v) is 4.69. The van der Waals surface area contributed by atoms with E-state index in [1.165, 1.54) is 30.6 Å². The van der Waals surface area contributed by atoms with Crippen LogP contribution >= 0.6 is 11.3 Å². The molecule has 138 valence electrons. The predicted octanol–water partition coefficient (Wildman–Crippen LogP) is 3.66. The minimum Gasteiger partial charge on any atom is -0.490 e. The number of nitrogens with one attached hydrogen (secondary N) is 1. The number of esters is 1. The number of ether oxygens (including phenoxy) is 2. The second kappa shape index (κ2) is 8.43. The summed E-state index contributed by atoms with van der Waals surface area (Å²) < 4.78 is 9.93. The Morgan fingerprint density at radius 2 is 2.00 bits per heavy atom. The van der Waals surface area contributed by atoms with Gasteiger partial charge in [-0.05, 0) is 31.5 Å². The van der Waals surface area contributed by atoms with Crippen molar-refractivity contribution in [2.45, 2.75) is 20.3 Å². The predicted molar refractivity (Wildman–Crippen MR) is 97.3 cm³/mol. The van der Waals surface area contributed by atoms with Crippen LogP contribution in [0, 0.1) is 10.1 Å². The third-order valence-electron chi connectivity index (χ3n) is 3.49. The van der Waals surface area contributed by atoms with Crippen molar-refractivity contribution in [1.29, 1.82) is 0 Å². The molecule has 0 spiro atoms. The number of anilines is 1. The van der Waals surface area contributed by atoms with E-state index in [2.05, 4.69) is 5.32 Å². The first kappa shape index (κ1) is 19.4. The number of carbonyl (C=O) groups excluding carboxylic acids is 2. The van der Waals surface area contributed by atoms with Gasteiger partial charge in [0.05, 0.1) is 24.2 Å². The highest BCUT2D eigenvalue weighted by Gasteiger charge is 2.22. The summed E-state index contributed by atoms with van der Waals surface area (Å²) in [5.74, 6) is -1.03. The fourth-order valence-corrected chi connectivity index (χ4v) is 3.20. The Kier molecular flexibility index (Phi) is 6.29. The van der Waals surface area contributed by atoms with Crippen LogP contribution in [0.3, 0.4) is 0 Å². The monoisotopic (exact) mass is 378 g/mol. The molecule has 0 aliphatic carbocycles. The molecule has 0 aliphatic rings. The lowest BCUT2D eigenvalue weighted by Crippen LogP contribution is -2.14. The highest BCUT2D eigenvalue weighted by atomic mass is 32.1. The van der Waals surface area contributed by atoms with Crippen LogP contribution in [0.5, 0.6) is 5.75 Å². The van der Waals surface area contributed by atoms with Crippen LogP contribution < -0.4 is 10.1 Å². The number of carbonyl (C=O) groups is 2. The van der Waals surface area contributed by atoms with E-state index in [4.69, 9.17) is 9.47 Å². The molecule has 0 fully saturated rings. The van der Waals surface area contributed by atoms with Crippen molar-refractivity contribution >= 4 is 33.9 Å². The molecular weight excluding hydrogens is 360 g/mol. The highest BCUT2D eigenvalue weighted by molar-refractivity contribution is 7.16. The van der Waals surface area contributed by atoms with Gasteiger partial charge in [0.15, 0.2) is 5.75 Å². The molecule has 0 bridgehead atoms. The molecule has 1 amide bonds. The fourth-order valence-electron chi connectivity index (χ4n) is 2.22. The summed E-state index contributed by atoms with van der Waals surface area (Å²) in [5.41, 5.74) is 0.0370. The van der Waals surface area contributed by atoms with Gasteiger partial charge in [-0.25, -0.2) is 4.79 Å². The molecule has 1 N–H and O–H groups in total. The number of nitro benzene ring substituents is 1. The molecule has 26 heavy (non-hydrogen) atoms. The van der Waals surface area contributed by atoms with Crippen molar-refractivity contribution in [3.8, 4) is 5.75 Å². The van der Waals surface area contributed by atoms with Crippen LogP contribution in [0.15, 0.2) is 24.3 Å². The third kappa shape index (κ3) is 4.17. The van der Waals surface area contributed by atoms with Gasteiger partial charge in [-0.3, -0.25) is 14.9 Å². The Bertz CT molecular complexity index is 846. The van der Waals surface area contributed by atoms with Crippen LogP contribution in [0.25, 0.3) is 0 Å². The molecule has 0 aliphatic heterocycles. The Balaban J connectivity index is 2.33. The van der Waals surface area contributed by atoms with Crippen LogP contribution in [-0.2, 0) is 11.2 Å². The quantitative estimate of drug-likeness (QED) is 0.447.